The average Bonchev–Trinajstić information content (AvgIpc) is 3.23. The number of fused-ring (bicyclic) bond motifs is 2. The van der Waals surface area contributed by atoms with E-state index in [1.54, 1.807) is 38.0 Å². The minimum atomic E-state index is -0.932. The maximum absolute atomic E-state index is 13.0. The number of para-hydroxylation sites is 1. The van der Waals surface area contributed by atoms with Gasteiger partial charge in [0, 0.05) is 22.7 Å². The number of anilines is 1. The van der Waals surface area contributed by atoms with E-state index in [1.165, 1.54) is 0 Å². The van der Waals surface area contributed by atoms with Crippen LogP contribution in [-0.4, -0.2) is 31.1 Å². The van der Waals surface area contributed by atoms with Crippen molar-refractivity contribution in [3.63, 3.8) is 0 Å². The van der Waals surface area contributed by atoms with Crippen LogP contribution in [0.4, 0.5) is 5.69 Å². The molecule has 150 valence electrons. The molecule has 2 atom stereocenters. The molecule has 0 spiro atoms. The van der Waals surface area contributed by atoms with Crippen LogP contribution in [0.1, 0.15) is 35.5 Å². The maximum atomic E-state index is 13.0. The Balaban J connectivity index is 1.55. The Labute approximate surface area is 169 Å². The highest BCUT2D eigenvalue weighted by atomic mass is 16.6. The number of amides is 1. The summed E-state index contributed by atoms with van der Waals surface area (Å²) < 4.78 is 16.4. The second kappa shape index (κ2) is 7.28. The van der Waals surface area contributed by atoms with E-state index in [-0.39, 0.29) is 17.7 Å². The van der Waals surface area contributed by atoms with E-state index in [1.807, 2.05) is 37.3 Å². The number of ether oxygens (including phenoxy) is 2. The van der Waals surface area contributed by atoms with Crippen LogP contribution in [0.2, 0.25) is 0 Å². The van der Waals surface area contributed by atoms with Gasteiger partial charge in [-0.3, -0.25) is 4.79 Å². The third-order valence-corrected chi connectivity index (χ3v) is 5.41. The number of methoxy groups -OCH3 is 1. The molecular weight excluding hydrogens is 370 g/mol. The Hall–Kier alpha value is -3.28. The molecule has 0 saturated heterocycles. The molecule has 6 heteroatoms. The molecule has 2 aromatic carbocycles. The van der Waals surface area contributed by atoms with Crippen molar-refractivity contribution < 1.29 is 23.5 Å². The minimum absolute atomic E-state index is 0.0152. The smallest absolute Gasteiger partial charge is 0.375 e. The van der Waals surface area contributed by atoms with Gasteiger partial charge in [-0.1, -0.05) is 18.2 Å². The lowest BCUT2D eigenvalue weighted by Gasteiger charge is -2.25. The zero-order chi connectivity index (χ0) is 20.7. The summed E-state index contributed by atoms with van der Waals surface area (Å²) in [7, 11) is 1.58. The Morgan fingerprint density at radius 1 is 1.21 bits per heavy atom. The summed E-state index contributed by atoms with van der Waals surface area (Å²) in [6.45, 7) is 5.37. The number of aryl methyl sites for hydroxylation is 1. The average molecular weight is 393 g/mol. The molecular formula is C23H23NO5. The van der Waals surface area contributed by atoms with Gasteiger partial charge in [0.25, 0.3) is 5.91 Å². The van der Waals surface area contributed by atoms with Crippen molar-refractivity contribution in [1.29, 1.82) is 0 Å². The highest BCUT2D eigenvalue weighted by Gasteiger charge is 2.35. The lowest BCUT2D eigenvalue weighted by molar-refractivity contribution is -0.126. The number of esters is 1. The first-order chi connectivity index (χ1) is 13.9. The second-order valence-electron chi connectivity index (χ2n) is 7.36. The van der Waals surface area contributed by atoms with Gasteiger partial charge in [0.15, 0.2) is 6.10 Å². The molecule has 0 radical (unpaired) electrons. The Bertz CT molecular complexity index is 1100. The van der Waals surface area contributed by atoms with Crippen LogP contribution in [0, 0.1) is 6.92 Å². The third kappa shape index (κ3) is 3.24. The van der Waals surface area contributed by atoms with Gasteiger partial charge in [-0.15, -0.1) is 0 Å². The zero-order valence-electron chi connectivity index (χ0n) is 16.9. The summed E-state index contributed by atoms with van der Waals surface area (Å²) in [4.78, 5) is 27.5. The Morgan fingerprint density at radius 2 is 1.97 bits per heavy atom. The molecule has 6 nitrogen and oxygen atoms in total. The molecule has 3 aromatic rings. The number of nitrogens with zero attached hydrogens (tertiary/aromatic N) is 1. The van der Waals surface area contributed by atoms with E-state index in [9.17, 15) is 9.59 Å². The van der Waals surface area contributed by atoms with Crippen molar-refractivity contribution in [2.45, 2.75) is 39.3 Å². The van der Waals surface area contributed by atoms with E-state index in [4.69, 9.17) is 13.9 Å². The van der Waals surface area contributed by atoms with Crippen LogP contribution >= 0.6 is 0 Å². The first-order valence-corrected chi connectivity index (χ1v) is 9.59. The topological polar surface area (TPSA) is 69.0 Å². The van der Waals surface area contributed by atoms with Crippen molar-refractivity contribution in [3.8, 4) is 5.75 Å². The highest BCUT2D eigenvalue weighted by molar-refractivity contribution is 6.02. The predicted molar refractivity (Wildman–Crippen MR) is 109 cm³/mol. The van der Waals surface area contributed by atoms with Gasteiger partial charge in [-0.25, -0.2) is 4.79 Å². The number of carbonyl (C=O) groups is 2. The van der Waals surface area contributed by atoms with Gasteiger partial charge in [0.1, 0.15) is 11.3 Å². The monoisotopic (exact) mass is 393 g/mol. The van der Waals surface area contributed by atoms with E-state index in [2.05, 4.69) is 0 Å². The molecule has 1 aliphatic heterocycles. The second-order valence-corrected chi connectivity index (χ2v) is 7.36. The predicted octanol–water partition coefficient (Wildman–Crippen LogP) is 4.27. The molecule has 1 aromatic heterocycles. The summed E-state index contributed by atoms with van der Waals surface area (Å²) in [5.74, 6) is -0.126. The van der Waals surface area contributed by atoms with Gasteiger partial charge in [-0.05, 0) is 57.0 Å². The summed E-state index contributed by atoms with van der Waals surface area (Å²) in [6.07, 6.45) is -0.147. The molecule has 0 fully saturated rings. The molecule has 29 heavy (non-hydrogen) atoms. The summed E-state index contributed by atoms with van der Waals surface area (Å²) in [5, 5.41) is 0.775. The first-order valence-electron chi connectivity index (χ1n) is 9.59. The Morgan fingerprint density at radius 3 is 2.72 bits per heavy atom. The van der Waals surface area contributed by atoms with Crippen LogP contribution in [-0.2, 0) is 16.0 Å². The van der Waals surface area contributed by atoms with Crippen molar-refractivity contribution in [3.05, 3.63) is 59.4 Å². The molecule has 1 aliphatic rings. The van der Waals surface area contributed by atoms with Crippen LogP contribution in [0.15, 0.2) is 46.9 Å². The fourth-order valence-corrected chi connectivity index (χ4v) is 3.88. The van der Waals surface area contributed by atoms with Crippen molar-refractivity contribution in [2.75, 3.05) is 12.0 Å². The van der Waals surface area contributed by atoms with Gasteiger partial charge in [-0.2, -0.15) is 0 Å². The fourth-order valence-electron chi connectivity index (χ4n) is 3.88. The van der Waals surface area contributed by atoms with E-state index in [0.717, 1.165) is 23.1 Å². The van der Waals surface area contributed by atoms with Crippen molar-refractivity contribution in [1.82, 2.24) is 0 Å². The van der Waals surface area contributed by atoms with Crippen LogP contribution in [0.25, 0.3) is 11.0 Å². The standard InChI is InChI=1S/C23H23NO5/c1-13-11-16-7-5-6-8-19(16)24(13)22(25)15(3)28-23(26)21-14(2)18-12-17(27-4)9-10-20(18)29-21/h5-10,12-13,15H,11H2,1-4H3/t13-,15+/m1/s1. The SMILES string of the molecule is COc1ccc2oc(C(=O)O[C@@H](C)C(=O)N3c4ccccc4C[C@H]3C)c(C)c2c1. The minimum Gasteiger partial charge on any atom is -0.497 e. The number of hydrogen-bond acceptors (Lipinski definition) is 5. The van der Waals surface area contributed by atoms with Crippen molar-refractivity contribution >= 4 is 28.5 Å². The summed E-state index contributed by atoms with van der Waals surface area (Å²) in [6, 6.07) is 13.1. The Kier molecular flexibility index (Phi) is 4.78. The number of hydrogen-bond donors (Lipinski definition) is 0. The lowest BCUT2D eigenvalue weighted by Crippen LogP contribution is -2.43. The van der Waals surface area contributed by atoms with E-state index in [0.29, 0.717) is 16.9 Å². The van der Waals surface area contributed by atoms with Gasteiger partial charge in [0.2, 0.25) is 5.76 Å². The third-order valence-electron chi connectivity index (χ3n) is 5.41. The molecule has 4 rings (SSSR count). The lowest BCUT2D eigenvalue weighted by atomic mass is 10.1. The van der Waals surface area contributed by atoms with Crippen LogP contribution < -0.4 is 9.64 Å². The van der Waals surface area contributed by atoms with Crippen LogP contribution in [0.5, 0.6) is 5.75 Å². The maximum Gasteiger partial charge on any atom is 0.375 e. The number of carbonyl (C=O) groups excluding carboxylic acids is 2. The molecule has 0 unspecified atom stereocenters. The molecule has 2 heterocycles. The van der Waals surface area contributed by atoms with Gasteiger partial charge in [0.05, 0.1) is 7.11 Å². The molecule has 0 bridgehead atoms. The van der Waals surface area contributed by atoms with E-state index < -0.39 is 12.1 Å². The zero-order valence-corrected chi connectivity index (χ0v) is 16.9. The summed E-state index contributed by atoms with van der Waals surface area (Å²) in [5.41, 5.74) is 3.22. The number of benzene rings is 2. The molecule has 0 aliphatic carbocycles. The molecule has 1 amide bonds. The summed E-state index contributed by atoms with van der Waals surface area (Å²) >= 11 is 0. The first kappa shape index (κ1) is 19.1. The van der Waals surface area contributed by atoms with Gasteiger partial charge < -0.3 is 18.8 Å². The van der Waals surface area contributed by atoms with E-state index >= 15 is 0 Å². The quantitative estimate of drug-likeness (QED) is 0.619. The van der Waals surface area contributed by atoms with Crippen LogP contribution in [0.3, 0.4) is 0 Å². The molecule has 0 saturated carbocycles. The molecule has 0 N–H and O–H groups in total. The van der Waals surface area contributed by atoms with Gasteiger partial charge >= 0.3 is 5.97 Å². The fraction of sp³-hybridized carbons (Fsp3) is 0.304. The normalized spacial score (nSPS) is 16.6. The van der Waals surface area contributed by atoms with Crippen molar-refractivity contribution in [2.24, 2.45) is 0 Å². The number of rotatable bonds is 4. The highest BCUT2D eigenvalue weighted by Crippen LogP contribution is 2.33. The largest absolute Gasteiger partial charge is 0.497 e. The number of furan rings is 1.